The monoisotopic (exact) mass is 432 g/mol. The van der Waals surface area contributed by atoms with Crippen molar-refractivity contribution in [2.75, 3.05) is 19.6 Å². The van der Waals surface area contributed by atoms with Crippen LogP contribution in [0.1, 0.15) is 48.7 Å². The van der Waals surface area contributed by atoms with Crippen LogP contribution < -0.4 is 5.48 Å². The van der Waals surface area contributed by atoms with Gasteiger partial charge in [0.25, 0.3) is 5.91 Å². The van der Waals surface area contributed by atoms with E-state index in [9.17, 15) is 4.79 Å². The van der Waals surface area contributed by atoms with Crippen LogP contribution in [-0.4, -0.2) is 45.6 Å². The normalized spacial score (nSPS) is 15.1. The van der Waals surface area contributed by atoms with Gasteiger partial charge in [-0.3, -0.25) is 10.0 Å². The highest BCUT2D eigenvalue weighted by molar-refractivity contribution is 5.90. The minimum Gasteiger partial charge on any atom is -0.343 e. The van der Waals surface area contributed by atoms with E-state index in [2.05, 4.69) is 53.8 Å². The summed E-state index contributed by atoms with van der Waals surface area (Å²) in [6.07, 6.45) is 7.93. The van der Waals surface area contributed by atoms with Crippen molar-refractivity contribution < 1.29 is 10.0 Å². The Bertz CT molecular complexity index is 1140. The number of benzene rings is 1. The van der Waals surface area contributed by atoms with Gasteiger partial charge in [0.05, 0.1) is 0 Å². The summed E-state index contributed by atoms with van der Waals surface area (Å²) in [6, 6.07) is 10.5. The second-order valence-corrected chi connectivity index (χ2v) is 9.56. The molecule has 0 bridgehead atoms. The largest absolute Gasteiger partial charge is 0.343 e. The summed E-state index contributed by atoms with van der Waals surface area (Å²) in [6.45, 7) is 9.83. The second-order valence-electron chi connectivity index (χ2n) is 9.56. The van der Waals surface area contributed by atoms with Crippen LogP contribution in [0.5, 0.6) is 0 Å². The molecule has 168 valence electrons. The van der Waals surface area contributed by atoms with Gasteiger partial charge in [0.2, 0.25) is 0 Å². The molecule has 32 heavy (non-hydrogen) atoms. The molecule has 2 aromatic heterocycles. The highest BCUT2D eigenvalue weighted by Crippen LogP contribution is 2.31. The van der Waals surface area contributed by atoms with E-state index in [1.165, 1.54) is 33.8 Å². The number of aromatic nitrogens is 2. The van der Waals surface area contributed by atoms with E-state index in [0.29, 0.717) is 0 Å². The predicted molar refractivity (Wildman–Crippen MR) is 128 cm³/mol. The first-order valence-corrected chi connectivity index (χ1v) is 11.3. The highest BCUT2D eigenvalue weighted by atomic mass is 16.5. The van der Waals surface area contributed by atoms with Crippen LogP contribution in [0.15, 0.2) is 42.6 Å². The molecule has 1 aliphatic rings. The number of hydroxylamine groups is 1. The fourth-order valence-electron chi connectivity index (χ4n) is 4.57. The number of carbonyl (C=O) groups excluding carboxylic acids is 1. The molecule has 0 fully saturated rings. The number of hydrogen-bond acceptors (Lipinski definition) is 4. The molecule has 0 unspecified atom stereocenters. The zero-order chi connectivity index (χ0) is 22.7. The van der Waals surface area contributed by atoms with Gasteiger partial charge in [0, 0.05) is 48.4 Å². The fourth-order valence-corrected chi connectivity index (χ4v) is 4.57. The third kappa shape index (κ3) is 4.92. The molecule has 0 spiro atoms. The van der Waals surface area contributed by atoms with Gasteiger partial charge >= 0.3 is 0 Å². The van der Waals surface area contributed by atoms with Crippen LogP contribution in [0.25, 0.3) is 17.1 Å². The number of nitrogens with one attached hydrogen (secondary N) is 2. The topological polar surface area (TPSA) is 81.2 Å². The summed E-state index contributed by atoms with van der Waals surface area (Å²) in [4.78, 5) is 21.9. The highest BCUT2D eigenvalue weighted by Gasteiger charge is 2.23. The van der Waals surface area contributed by atoms with Crippen molar-refractivity contribution in [2.45, 2.75) is 45.4 Å². The van der Waals surface area contributed by atoms with Crippen molar-refractivity contribution in [2.24, 2.45) is 0 Å². The lowest BCUT2D eigenvalue weighted by Crippen LogP contribution is -2.29. The number of aromatic amines is 1. The predicted octanol–water partition coefficient (Wildman–Crippen LogP) is 4.02. The van der Waals surface area contributed by atoms with Crippen molar-refractivity contribution in [3.63, 3.8) is 0 Å². The molecular formula is C26H32N4O2. The van der Waals surface area contributed by atoms with Gasteiger partial charge < -0.3 is 9.88 Å². The van der Waals surface area contributed by atoms with Gasteiger partial charge in [-0.2, -0.15) is 0 Å². The third-order valence-electron chi connectivity index (χ3n) is 6.27. The van der Waals surface area contributed by atoms with Gasteiger partial charge in [-0.15, -0.1) is 0 Å². The Hall–Kier alpha value is -2.96. The summed E-state index contributed by atoms with van der Waals surface area (Å²) >= 11 is 0. The molecule has 3 N–H and O–H groups in total. The Morgan fingerprint density at radius 3 is 2.75 bits per heavy atom. The van der Waals surface area contributed by atoms with E-state index >= 15 is 0 Å². The van der Waals surface area contributed by atoms with Gasteiger partial charge in [0.15, 0.2) is 0 Å². The fraction of sp³-hybridized carbons (Fsp3) is 0.385. The van der Waals surface area contributed by atoms with Gasteiger partial charge in [-0.1, -0.05) is 39.0 Å². The average molecular weight is 433 g/mol. The zero-order valence-electron chi connectivity index (χ0n) is 19.1. The molecule has 6 nitrogen and oxygen atoms in total. The Morgan fingerprint density at radius 1 is 1.22 bits per heavy atom. The van der Waals surface area contributed by atoms with Crippen molar-refractivity contribution in [3.8, 4) is 0 Å². The number of pyridine rings is 1. The summed E-state index contributed by atoms with van der Waals surface area (Å²) in [5, 5.41) is 9.88. The van der Waals surface area contributed by atoms with Crippen LogP contribution in [-0.2, 0) is 29.5 Å². The molecule has 3 aromatic rings. The van der Waals surface area contributed by atoms with Gasteiger partial charge in [-0.05, 0) is 59.7 Å². The lowest BCUT2D eigenvalue weighted by atomic mass is 9.88. The summed E-state index contributed by atoms with van der Waals surface area (Å²) < 4.78 is 0. The van der Waals surface area contributed by atoms with Crippen LogP contribution in [0.2, 0.25) is 0 Å². The molecule has 3 heterocycles. The summed E-state index contributed by atoms with van der Waals surface area (Å²) in [7, 11) is 0. The number of fused-ring (bicyclic) bond motifs is 2. The minimum atomic E-state index is -0.520. The van der Waals surface area contributed by atoms with Crippen molar-refractivity contribution in [1.29, 1.82) is 0 Å². The molecule has 1 aliphatic heterocycles. The van der Waals surface area contributed by atoms with Crippen molar-refractivity contribution in [3.05, 3.63) is 70.6 Å². The molecule has 6 heteroatoms. The summed E-state index contributed by atoms with van der Waals surface area (Å²) in [5.41, 5.74) is 9.01. The molecule has 0 saturated carbocycles. The lowest BCUT2D eigenvalue weighted by molar-refractivity contribution is -0.124. The average Bonchev–Trinajstić information content (AvgIpc) is 3.04. The number of amides is 1. The number of carbonyl (C=O) groups is 1. The molecule has 1 aromatic carbocycles. The van der Waals surface area contributed by atoms with Crippen molar-refractivity contribution in [1.82, 2.24) is 20.3 Å². The number of rotatable bonds is 5. The quantitative estimate of drug-likeness (QED) is 0.323. The maximum Gasteiger partial charge on any atom is 0.267 e. The smallest absolute Gasteiger partial charge is 0.267 e. The maximum absolute atomic E-state index is 11.2. The summed E-state index contributed by atoms with van der Waals surface area (Å²) in [5.74, 6) is -0.520. The molecule has 4 rings (SSSR count). The Labute approximate surface area is 189 Å². The van der Waals surface area contributed by atoms with E-state index in [0.717, 1.165) is 50.1 Å². The SMILES string of the molecule is CC(C)(C)c1[nH]c2ncccc2c1CCN1CCc2ccc(C=CC(=O)NO)cc2CC1. The second kappa shape index (κ2) is 9.27. The Kier molecular flexibility index (Phi) is 6.44. The molecule has 0 radical (unpaired) electrons. The maximum atomic E-state index is 11.2. The van der Waals surface area contributed by atoms with Gasteiger partial charge in [-0.25, -0.2) is 10.5 Å². The first-order chi connectivity index (χ1) is 15.3. The van der Waals surface area contributed by atoms with E-state index in [1.807, 2.05) is 18.3 Å². The van der Waals surface area contributed by atoms with E-state index < -0.39 is 5.91 Å². The lowest BCUT2D eigenvalue weighted by Gasteiger charge is -2.23. The molecule has 1 amide bonds. The Morgan fingerprint density at radius 2 is 2.00 bits per heavy atom. The number of H-pyrrole nitrogens is 1. The van der Waals surface area contributed by atoms with Crippen LogP contribution in [0.3, 0.4) is 0 Å². The van der Waals surface area contributed by atoms with Gasteiger partial charge in [0.1, 0.15) is 5.65 Å². The third-order valence-corrected chi connectivity index (χ3v) is 6.27. The first kappa shape index (κ1) is 22.2. The van der Waals surface area contributed by atoms with Crippen LogP contribution >= 0.6 is 0 Å². The van der Waals surface area contributed by atoms with Crippen LogP contribution in [0, 0.1) is 0 Å². The number of nitrogens with zero attached hydrogens (tertiary/aromatic N) is 2. The van der Waals surface area contributed by atoms with Crippen molar-refractivity contribution >= 4 is 23.0 Å². The van der Waals surface area contributed by atoms with Crippen LogP contribution in [0.4, 0.5) is 0 Å². The van der Waals surface area contributed by atoms with E-state index in [4.69, 9.17) is 5.21 Å². The molecular weight excluding hydrogens is 400 g/mol. The van der Waals surface area contributed by atoms with E-state index in [1.54, 1.807) is 11.6 Å². The first-order valence-electron chi connectivity index (χ1n) is 11.3. The number of hydrogen-bond donors (Lipinski definition) is 3. The standard InChI is InChI=1S/C26H32N4O2/c1-26(2,3)24-21(22-5-4-13-27-25(22)28-24)12-16-30-14-10-19-8-6-18(7-9-23(31)29-32)17-20(19)11-15-30/h4-9,13,17,32H,10-12,14-16H2,1-3H3,(H,27,28)(H,29,31). The zero-order valence-corrected chi connectivity index (χ0v) is 19.1. The molecule has 0 aliphatic carbocycles. The molecule has 0 atom stereocenters. The Balaban J connectivity index is 1.46. The minimum absolute atomic E-state index is 0.0436. The molecule has 0 saturated heterocycles. The van der Waals surface area contributed by atoms with E-state index in [-0.39, 0.29) is 5.41 Å².